The molecule has 0 aliphatic carbocycles. The Hall–Kier alpha value is -3.56. The van der Waals surface area contributed by atoms with Crippen LogP contribution in [0.15, 0.2) is 65.8 Å². The van der Waals surface area contributed by atoms with Gasteiger partial charge in [0.2, 0.25) is 5.91 Å². The molecule has 0 unspecified atom stereocenters. The largest absolute Gasteiger partial charge is 0.507 e. The summed E-state index contributed by atoms with van der Waals surface area (Å²) in [6.45, 7) is 0.915. The first-order valence-corrected chi connectivity index (χ1v) is 11.3. The lowest BCUT2D eigenvalue weighted by Crippen LogP contribution is -2.15. The number of carbonyl (C=O) groups excluding carboxylic acids is 1. The van der Waals surface area contributed by atoms with E-state index >= 15 is 0 Å². The standard InChI is InChI=1S/C24H24N4O4S/c1-31-12-11-28-23(20-13-16-5-3-4-6-17(16)14-21(20)29)26-27-24(28)33-15-22(30)25-18-7-9-19(32-2)10-8-18/h3-10,13-14,29H,11-12,15H2,1-2H3,(H,25,30). The number of benzene rings is 3. The summed E-state index contributed by atoms with van der Waals surface area (Å²) < 4.78 is 12.2. The lowest BCUT2D eigenvalue weighted by molar-refractivity contribution is -0.113. The molecule has 3 aromatic carbocycles. The molecular formula is C24H24N4O4S. The zero-order valence-electron chi connectivity index (χ0n) is 18.3. The Morgan fingerprint density at radius 2 is 1.79 bits per heavy atom. The molecule has 0 radical (unpaired) electrons. The van der Waals surface area contributed by atoms with E-state index in [1.807, 2.05) is 34.9 Å². The Morgan fingerprint density at radius 3 is 2.48 bits per heavy atom. The molecular weight excluding hydrogens is 440 g/mol. The third-order valence-electron chi connectivity index (χ3n) is 5.05. The van der Waals surface area contributed by atoms with E-state index in [0.29, 0.717) is 35.4 Å². The van der Waals surface area contributed by atoms with E-state index in [0.717, 1.165) is 16.5 Å². The number of hydrogen-bond donors (Lipinski definition) is 2. The first-order chi connectivity index (χ1) is 16.1. The van der Waals surface area contributed by atoms with Crippen molar-refractivity contribution in [1.29, 1.82) is 0 Å². The van der Waals surface area contributed by atoms with Gasteiger partial charge in [0.15, 0.2) is 11.0 Å². The molecule has 9 heteroatoms. The number of nitrogens with zero attached hydrogens (tertiary/aromatic N) is 3. The first kappa shape index (κ1) is 22.6. The summed E-state index contributed by atoms with van der Waals surface area (Å²) in [5.41, 5.74) is 1.26. The highest BCUT2D eigenvalue weighted by atomic mass is 32.2. The molecule has 1 heterocycles. The smallest absolute Gasteiger partial charge is 0.234 e. The minimum Gasteiger partial charge on any atom is -0.507 e. The van der Waals surface area contributed by atoms with Crippen molar-refractivity contribution in [1.82, 2.24) is 14.8 Å². The van der Waals surface area contributed by atoms with Crippen LogP contribution in [0.1, 0.15) is 0 Å². The fourth-order valence-electron chi connectivity index (χ4n) is 3.39. The van der Waals surface area contributed by atoms with E-state index in [1.54, 1.807) is 44.6 Å². The third-order valence-corrected chi connectivity index (χ3v) is 6.01. The van der Waals surface area contributed by atoms with Crippen molar-refractivity contribution in [2.24, 2.45) is 0 Å². The van der Waals surface area contributed by atoms with Crippen LogP contribution < -0.4 is 10.1 Å². The van der Waals surface area contributed by atoms with Gasteiger partial charge in [-0.15, -0.1) is 10.2 Å². The Bertz CT molecular complexity index is 1260. The Morgan fingerprint density at radius 1 is 1.06 bits per heavy atom. The number of aromatic nitrogens is 3. The van der Waals surface area contributed by atoms with Gasteiger partial charge in [0.25, 0.3) is 0 Å². The second-order valence-electron chi connectivity index (χ2n) is 7.23. The maximum Gasteiger partial charge on any atom is 0.234 e. The molecule has 0 saturated carbocycles. The Kier molecular flexibility index (Phi) is 7.11. The number of fused-ring (bicyclic) bond motifs is 1. The molecule has 170 valence electrons. The maximum absolute atomic E-state index is 12.5. The summed E-state index contributed by atoms with van der Waals surface area (Å²) >= 11 is 1.27. The number of aromatic hydroxyl groups is 1. The number of hydrogen-bond acceptors (Lipinski definition) is 7. The molecule has 1 aromatic heterocycles. The number of thioether (sulfide) groups is 1. The van der Waals surface area contributed by atoms with E-state index in [2.05, 4.69) is 15.5 Å². The highest BCUT2D eigenvalue weighted by molar-refractivity contribution is 7.99. The number of anilines is 1. The summed E-state index contributed by atoms with van der Waals surface area (Å²) in [6, 6.07) is 18.5. The van der Waals surface area contributed by atoms with Crippen molar-refractivity contribution in [2.45, 2.75) is 11.7 Å². The van der Waals surface area contributed by atoms with Crippen LogP contribution >= 0.6 is 11.8 Å². The van der Waals surface area contributed by atoms with E-state index in [4.69, 9.17) is 9.47 Å². The van der Waals surface area contributed by atoms with Gasteiger partial charge >= 0.3 is 0 Å². The van der Waals surface area contributed by atoms with Crippen molar-refractivity contribution in [2.75, 3.05) is 31.9 Å². The molecule has 1 amide bonds. The lowest BCUT2D eigenvalue weighted by atomic mass is 10.1. The zero-order valence-corrected chi connectivity index (χ0v) is 19.1. The van der Waals surface area contributed by atoms with Gasteiger partial charge in [-0.25, -0.2) is 0 Å². The average molecular weight is 465 g/mol. The fourth-order valence-corrected chi connectivity index (χ4v) is 4.15. The van der Waals surface area contributed by atoms with E-state index in [9.17, 15) is 9.90 Å². The average Bonchev–Trinajstić information content (AvgIpc) is 3.23. The molecule has 0 atom stereocenters. The van der Waals surface area contributed by atoms with Crippen molar-refractivity contribution in [3.05, 3.63) is 60.7 Å². The number of amides is 1. The number of phenols is 1. The van der Waals surface area contributed by atoms with Crippen molar-refractivity contribution < 1.29 is 19.4 Å². The van der Waals surface area contributed by atoms with Crippen LogP contribution in [0.25, 0.3) is 22.2 Å². The minimum atomic E-state index is -0.165. The van der Waals surface area contributed by atoms with Gasteiger partial charge in [0.05, 0.1) is 31.6 Å². The highest BCUT2D eigenvalue weighted by Gasteiger charge is 2.19. The van der Waals surface area contributed by atoms with Crippen LogP contribution in [0, 0.1) is 0 Å². The molecule has 0 aliphatic heterocycles. The maximum atomic E-state index is 12.5. The normalized spacial score (nSPS) is 11.0. The molecule has 0 fully saturated rings. The summed E-state index contributed by atoms with van der Waals surface area (Å²) in [5.74, 6) is 1.35. The summed E-state index contributed by atoms with van der Waals surface area (Å²) in [5, 5.41) is 24.6. The number of rotatable bonds is 9. The number of phenolic OH excluding ortho intramolecular Hbond substituents is 1. The SMILES string of the molecule is COCCn1c(SCC(=O)Nc2ccc(OC)cc2)nnc1-c1cc2ccccc2cc1O. The minimum absolute atomic E-state index is 0.119. The number of ether oxygens (including phenoxy) is 2. The van der Waals surface area contributed by atoms with Gasteiger partial charge in [0, 0.05) is 12.8 Å². The van der Waals surface area contributed by atoms with Crippen molar-refractivity contribution >= 4 is 34.1 Å². The molecule has 0 saturated heterocycles. The van der Waals surface area contributed by atoms with Crippen LogP contribution in [0.4, 0.5) is 5.69 Å². The summed E-state index contributed by atoms with van der Waals surface area (Å²) in [6.07, 6.45) is 0. The van der Waals surface area contributed by atoms with Crippen LogP contribution in [0.5, 0.6) is 11.5 Å². The highest BCUT2D eigenvalue weighted by Crippen LogP contribution is 2.34. The van der Waals surface area contributed by atoms with Crippen LogP contribution in [-0.4, -0.2) is 52.4 Å². The molecule has 0 bridgehead atoms. The lowest BCUT2D eigenvalue weighted by Gasteiger charge is -2.11. The zero-order chi connectivity index (χ0) is 23.2. The van der Waals surface area contributed by atoms with Gasteiger partial charge in [-0.05, 0) is 47.2 Å². The third kappa shape index (κ3) is 5.27. The van der Waals surface area contributed by atoms with E-state index in [1.165, 1.54) is 11.8 Å². The van der Waals surface area contributed by atoms with Crippen LogP contribution in [0.3, 0.4) is 0 Å². The molecule has 0 spiro atoms. The predicted octanol–water partition coefficient (Wildman–Crippen LogP) is 4.19. The van der Waals surface area contributed by atoms with E-state index < -0.39 is 0 Å². The van der Waals surface area contributed by atoms with Crippen molar-refractivity contribution in [3.8, 4) is 22.9 Å². The molecule has 4 aromatic rings. The van der Waals surface area contributed by atoms with Crippen LogP contribution in [-0.2, 0) is 16.1 Å². The van der Waals surface area contributed by atoms with Gasteiger partial charge < -0.3 is 19.9 Å². The van der Waals surface area contributed by atoms with Gasteiger partial charge in [-0.3, -0.25) is 9.36 Å². The van der Waals surface area contributed by atoms with E-state index in [-0.39, 0.29) is 17.4 Å². The second kappa shape index (κ2) is 10.4. The topological polar surface area (TPSA) is 98.5 Å². The Labute approximate surface area is 195 Å². The van der Waals surface area contributed by atoms with Gasteiger partial charge in [-0.2, -0.15) is 0 Å². The summed E-state index contributed by atoms with van der Waals surface area (Å²) in [7, 11) is 3.21. The van der Waals surface area contributed by atoms with Gasteiger partial charge in [-0.1, -0.05) is 36.0 Å². The number of carbonyl (C=O) groups is 1. The van der Waals surface area contributed by atoms with Gasteiger partial charge in [0.1, 0.15) is 11.5 Å². The molecule has 0 aliphatic rings. The Balaban J connectivity index is 1.54. The molecule has 2 N–H and O–H groups in total. The monoisotopic (exact) mass is 464 g/mol. The fraction of sp³-hybridized carbons (Fsp3) is 0.208. The molecule has 33 heavy (non-hydrogen) atoms. The molecule has 8 nitrogen and oxygen atoms in total. The van der Waals surface area contributed by atoms with Crippen molar-refractivity contribution in [3.63, 3.8) is 0 Å². The number of nitrogens with one attached hydrogen (secondary N) is 1. The second-order valence-corrected chi connectivity index (χ2v) is 8.17. The summed E-state index contributed by atoms with van der Waals surface area (Å²) in [4.78, 5) is 12.5. The van der Waals surface area contributed by atoms with Crippen LogP contribution in [0.2, 0.25) is 0 Å². The number of methoxy groups -OCH3 is 2. The first-order valence-electron chi connectivity index (χ1n) is 10.3. The predicted molar refractivity (Wildman–Crippen MR) is 129 cm³/mol. The molecule has 4 rings (SSSR count). The quantitative estimate of drug-likeness (QED) is 0.358.